The number of nitrogens with zero attached hydrogens (tertiary/aromatic N) is 1. The first-order valence-corrected chi connectivity index (χ1v) is 6.51. The molecule has 1 heterocycles. The van der Waals surface area contributed by atoms with Gasteiger partial charge >= 0.3 is 0 Å². The predicted octanol–water partition coefficient (Wildman–Crippen LogP) is 1.88. The van der Waals surface area contributed by atoms with E-state index in [0.29, 0.717) is 0 Å². The molecular weight excluding hydrogens is 238 g/mol. The number of amides is 1. The number of H-pyrrole nitrogens is 1. The van der Waals surface area contributed by atoms with E-state index >= 15 is 0 Å². The Bertz CT molecular complexity index is 606. The van der Waals surface area contributed by atoms with Gasteiger partial charge in [0.15, 0.2) is 0 Å². The van der Waals surface area contributed by atoms with Crippen LogP contribution in [0.3, 0.4) is 0 Å². The summed E-state index contributed by atoms with van der Waals surface area (Å²) in [4.78, 5) is 12.1. The lowest BCUT2D eigenvalue weighted by molar-refractivity contribution is -0.124. The van der Waals surface area contributed by atoms with Crippen LogP contribution in [0.4, 0.5) is 0 Å². The molecule has 1 aromatic carbocycles. The number of primary amides is 1. The lowest BCUT2D eigenvalue weighted by Crippen LogP contribution is -2.46. The second-order valence-electron chi connectivity index (χ2n) is 5.35. The minimum Gasteiger partial charge on any atom is -0.369 e. The van der Waals surface area contributed by atoms with Gasteiger partial charge in [0.05, 0.1) is 11.6 Å². The van der Waals surface area contributed by atoms with Gasteiger partial charge in [0.2, 0.25) is 5.91 Å². The average molecular weight is 255 g/mol. The molecule has 1 aliphatic rings. The first-order valence-electron chi connectivity index (χ1n) is 6.51. The third-order valence-corrected chi connectivity index (χ3v) is 4.41. The molecular formula is C15H17N3O. The van der Waals surface area contributed by atoms with Crippen LogP contribution in [0.2, 0.25) is 0 Å². The van der Waals surface area contributed by atoms with E-state index in [1.807, 2.05) is 31.3 Å². The van der Waals surface area contributed by atoms with Crippen LogP contribution in [-0.4, -0.2) is 16.1 Å². The van der Waals surface area contributed by atoms with Gasteiger partial charge < -0.3 is 5.73 Å². The van der Waals surface area contributed by atoms with Crippen LogP contribution in [0.25, 0.3) is 0 Å². The van der Waals surface area contributed by atoms with E-state index < -0.39 is 5.41 Å². The maximum atomic E-state index is 12.1. The summed E-state index contributed by atoms with van der Waals surface area (Å²) in [6, 6.07) is 8.09. The Labute approximate surface area is 112 Å². The van der Waals surface area contributed by atoms with Crippen molar-refractivity contribution >= 4 is 5.91 Å². The molecule has 3 N–H and O–H groups in total. The van der Waals surface area contributed by atoms with Gasteiger partial charge in [-0.25, -0.2) is 0 Å². The molecule has 1 amide bonds. The first kappa shape index (κ1) is 12.0. The standard InChI is InChI=1S/C15H17N3O/c1-15(14(16)19)12-5-3-2-4-10(12)6-7-13(15)11-8-17-18-9-11/h2-5,8-9,13H,6-7H2,1H3,(H2,16,19)(H,17,18). The summed E-state index contributed by atoms with van der Waals surface area (Å²) in [5, 5.41) is 6.83. The van der Waals surface area contributed by atoms with Crippen molar-refractivity contribution < 1.29 is 4.79 Å². The minimum atomic E-state index is -0.668. The maximum Gasteiger partial charge on any atom is 0.228 e. The summed E-state index contributed by atoms with van der Waals surface area (Å²) < 4.78 is 0. The molecule has 1 aromatic heterocycles. The summed E-state index contributed by atoms with van der Waals surface area (Å²) in [5.41, 5.74) is 8.41. The van der Waals surface area contributed by atoms with Crippen molar-refractivity contribution in [2.24, 2.45) is 5.73 Å². The highest BCUT2D eigenvalue weighted by Crippen LogP contribution is 2.46. The third-order valence-electron chi connectivity index (χ3n) is 4.41. The number of nitrogens with two attached hydrogens (primary N) is 1. The van der Waals surface area contributed by atoms with E-state index in [1.54, 1.807) is 6.20 Å². The van der Waals surface area contributed by atoms with Gasteiger partial charge in [-0.1, -0.05) is 24.3 Å². The molecule has 0 saturated carbocycles. The van der Waals surface area contributed by atoms with E-state index in [4.69, 9.17) is 5.73 Å². The van der Waals surface area contributed by atoms with E-state index in [0.717, 1.165) is 24.0 Å². The second kappa shape index (κ2) is 4.23. The van der Waals surface area contributed by atoms with Crippen molar-refractivity contribution in [2.45, 2.75) is 31.1 Å². The Morgan fingerprint density at radius 2 is 2.26 bits per heavy atom. The van der Waals surface area contributed by atoms with Crippen LogP contribution in [0.15, 0.2) is 36.7 Å². The molecule has 0 radical (unpaired) electrons. The zero-order valence-electron chi connectivity index (χ0n) is 10.9. The number of rotatable bonds is 2. The number of nitrogens with one attached hydrogen (secondary N) is 1. The van der Waals surface area contributed by atoms with Crippen LogP contribution in [0.5, 0.6) is 0 Å². The zero-order chi connectivity index (χ0) is 13.5. The smallest absolute Gasteiger partial charge is 0.228 e. The molecule has 3 rings (SSSR count). The molecule has 19 heavy (non-hydrogen) atoms. The van der Waals surface area contributed by atoms with Crippen molar-refractivity contribution in [3.8, 4) is 0 Å². The summed E-state index contributed by atoms with van der Waals surface area (Å²) in [5.74, 6) is -0.190. The molecule has 2 atom stereocenters. The van der Waals surface area contributed by atoms with Crippen molar-refractivity contribution in [3.63, 3.8) is 0 Å². The molecule has 4 nitrogen and oxygen atoms in total. The van der Waals surface area contributed by atoms with Gasteiger partial charge in [-0.2, -0.15) is 5.10 Å². The van der Waals surface area contributed by atoms with Crippen LogP contribution in [-0.2, 0) is 16.6 Å². The minimum absolute atomic E-state index is 0.0821. The van der Waals surface area contributed by atoms with E-state index in [-0.39, 0.29) is 11.8 Å². The van der Waals surface area contributed by atoms with E-state index in [2.05, 4.69) is 16.3 Å². The SMILES string of the molecule is CC1(C(N)=O)c2ccccc2CCC1c1cn[nH]c1. The van der Waals surface area contributed by atoms with Gasteiger partial charge in [-0.3, -0.25) is 9.89 Å². The number of aromatic nitrogens is 2. The summed E-state index contributed by atoms with van der Waals surface area (Å²) >= 11 is 0. The number of hydrogen-bond donors (Lipinski definition) is 2. The van der Waals surface area contributed by atoms with Gasteiger partial charge in [-0.05, 0) is 36.5 Å². The summed E-state index contributed by atoms with van der Waals surface area (Å²) in [6.07, 6.45) is 5.53. The highest BCUT2D eigenvalue weighted by atomic mass is 16.1. The second-order valence-corrected chi connectivity index (χ2v) is 5.35. The van der Waals surface area contributed by atoms with Gasteiger partial charge in [0.1, 0.15) is 0 Å². The molecule has 2 unspecified atom stereocenters. The van der Waals surface area contributed by atoms with Crippen LogP contribution in [0.1, 0.15) is 36.0 Å². The number of fused-ring (bicyclic) bond motifs is 1. The van der Waals surface area contributed by atoms with E-state index in [9.17, 15) is 4.79 Å². The van der Waals surface area contributed by atoms with Crippen molar-refractivity contribution in [1.29, 1.82) is 0 Å². The van der Waals surface area contributed by atoms with E-state index in [1.165, 1.54) is 5.56 Å². The number of benzene rings is 1. The van der Waals surface area contributed by atoms with Gasteiger partial charge in [0.25, 0.3) is 0 Å². The quantitative estimate of drug-likeness (QED) is 0.860. The molecule has 98 valence electrons. The van der Waals surface area contributed by atoms with Crippen LogP contribution >= 0.6 is 0 Å². The molecule has 4 heteroatoms. The topological polar surface area (TPSA) is 71.8 Å². The first-order chi connectivity index (χ1) is 9.14. The van der Waals surface area contributed by atoms with Gasteiger partial charge in [-0.15, -0.1) is 0 Å². The Kier molecular flexibility index (Phi) is 2.66. The molecule has 1 aliphatic carbocycles. The Hall–Kier alpha value is -2.10. The fraction of sp³-hybridized carbons (Fsp3) is 0.333. The molecule has 0 aliphatic heterocycles. The molecule has 0 saturated heterocycles. The third kappa shape index (κ3) is 1.67. The predicted molar refractivity (Wildman–Crippen MR) is 72.6 cm³/mol. The summed E-state index contributed by atoms with van der Waals surface area (Å²) in [6.45, 7) is 1.95. The highest BCUT2D eigenvalue weighted by molar-refractivity contribution is 5.88. The Balaban J connectivity index is 2.17. The van der Waals surface area contributed by atoms with Crippen LogP contribution < -0.4 is 5.73 Å². The molecule has 0 bridgehead atoms. The number of hydrogen-bond acceptors (Lipinski definition) is 2. The largest absolute Gasteiger partial charge is 0.369 e. The number of aryl methyl sites for hydroxylation is 1. The van der Waals surface area contributed by atoms with Crippen molar-refractivity contribution in [1.82, 2.24) is 10.2 Å². The maximum absolute atomic E-state index is 12.1. The Morgan fingerprint density at radius 1 is 1.47 bits per heavy atom. The van der Waals surface area contributed by atoms with Crippen molar-refractivity contribution in [3.05, 3.63) is 53.3 Å². The fourth-order valence-corrected chi connectivity index (χ4v) is 3.28. The van der Waals surface area contributed by atoms with Crippen molar-refractivity contribution in [2.75, 3.05) is 0 Å². The average Bonchev–Trinajstić information content (AvgIpc) is 2.93. The fourth-order valence-electron chi connectivity index (χ4n) is 3.28. The lowest BCUT2D eigenvalue weighted by Gasteiger charge is -2.40. The molecule has 0 spiro atoms. The number of carbonyl (C=O) groups excluding carboxylic acids is 1. The zero-order valence-corrected chi connectivity index (χ0v) is 10.9. The Morgan fingerprint density at radius 3 is 2.95 bits per heavy atom. The molecule has 0 fully saturated rings. The normalized spacial score (nSPS) is 25.8. The van der Waals surface area contributed by atoms with Gasteiger partial charge in [0, 0.05) is 12.1 Å². The number of aromatic amines is 1. The van der Waals surface area contributed by atoms with Crippen LogP contribution in [0, 0.1) is 0 Å². The highest BCUT2D eigenvalue weighted by Gasteiger charge is 2.45. The molecule has 2 aromatic rings. The monoisotopic (exact) mass is 255 g/mol. The number of carbonyl (C=O) groups is 1. The lowest BCUT2D eigenvalue weighted by atomic mass is 9.62. The summed E-state index contributed by atoms with van der Waals surface area (Å²) in [7, 11) is 0.